The summed E-state index contributed by atoms with van der Waals surface area (Å²) in [7, 11) is 0. The summed E-state index contributed by atoms with van der Waals surface area (Å²) >= 11 is 0. The van der Waals surface area contributed by atoms with Crippen LogP contribution in [0.25, 0.3) is 16.8 Å². The summed E-state index contributed by atoms with van der Waals surface area (Å²) in [5, 5.41) is 4.85. The third kappa shape index (κ3) is 3.82. The number of carbonyl (C=O) groups is 2. The summed E-state index contributed by atoms with van der Waals surface area (Å²) in [6, 6.07) is 20.9. The van der Waals surface area contributed by atoms with Gasteiger partial charge in [-0.15, -0.1) is 0 Å². The maximum absolute atomic E-state index is 12.2. The van der Waals surface area contributed by atoms with Crippen molar-refractivity contribution in [1.82, 2.24) is 0 Å². The van der Waals surface area contributed by atoms with Gasteiger partial charge in [0.1, 0.15) is 12.4 Å². The van der Waals surface area contributed by atoms with E-state index < -0.39 is 11.9 Å². The molecule has 0 bridgehead atoms. The van der Waals surface area contributed by atoms with Gasteiger partial charge in [-0.25, -0.2) is 4.79 Å². The van der Waals surface area contributed by atoms with Crippen molar-refractivity contribution in [3.63, 3.8) is 0 Å². The largest absolute Gasteiger partial charge is 0.488 e. The molecule has 0 spiro atoms. The lowest BCUT2D eigenvalue weighted by Crippen LogP contribution is -2.23. The molecule has 3 aromatic rings. The smallest absolute Gasteiger partial charge is 0.338 e. The van der Waals surface area contributed by atoms with Gasteiger partial charge in [-0.2, -0.15) is 0 Å². The van der Waals surface area contributed by atoms with Crippen molar-refractivity contribution in [3.8, 4) is 5.75 Å². The van der Waals surface area contributed by atoms with Crippen molar-refractivity contribution in [1.29, 1.82) is 0 Å². The van der Waals surface area contributed by atoms with E-state index >= 15 is 0 Å². The maximum Gasteiger partial charge on any atom is 0.338 e. The van der Waals surface area contributed by atoms with Crippen LogP contribution in [0.15, 0.2) is 72.3 Å². The van der Waals surface area contributed by atoms with Crippen molar-refractivity contribution in [2.24, 2.45) is 0 Å². The Morgan fingerprint density at radius 3 is 2.63 bits per heavy atom. The highest BCUT2D eigenvalue weighted by Crippen LogP contribution is 2.26. The van der Waals surface area contributed by atoms with E-state index in [1.807, 2.05) is 66.7 Å². The summed E-state index contributed by atoms with van der Waals surface area (Å²) in [6.45, 7) is -0.229. The van der Waals surface area contributed by atoms with Gasteiger partial charge in [0.05, 0.1) is 5.57 Å². The standard InChI is InChI=1S/C22H17NO4/c24-21(23-19-10-9-15-5-1-2-6-16(15)12-19)14-27-22(25)18-11-17-7-3-4-8-20(17)26-13-18/h1-12H,13-14H2,(H,23,24). The number of benzene rings is 3. The number of fused-ring (bicyclic) bond motifs is 2. The number of carbonyl (C=O) groups excluding carboxylic acids is 2. The van der Waals surface area contributed by atoms with Crippen LogP contribution in [0, 0.1) is 0 Å². The van der Waals surface area contributed by atoms with E-state index in [2.05, 4.69) is 5.32 Å². The average Bonchev–Trinajstić information content (AvgIpc) is 2.71. The molecular formula is C22H17NO4. The molecule has 4 rings (SSSR count). The first kappa shape index (κ1) is 16.8. The van der Waals surface area contributed by atoms with Crippen molar-refractivity contribution in [2.75, 3.05) is 18.5 Å². The highest BCUT2D eigenvalue weighted by molar-refractivity contribution is 5.99. The Labute approximate surface area is 156 Å². The molecule has 0 unspecified atom stereocenters. The minimum absolute atomic E-state index is 0.127. The Balaban J connectivity index is 1.36. The molecule has 1 amide bonds. The quantitative estimate of drug-likeness (QED) is 0.720. The number of rotatable bonds is 4. The van der Waals surface area contributed by atoms with Crippen molar-refractivity contribution >= 4 is 34.4 Å². The average molecular weight is 359 g/mol. The van der Waals surface area contributed by atoms with Crippen LogP contribution >= 0.6 is 0 Å². The number of para-hydroxylation sites is 1. The fourth-order valence-corrected chi connectivity index (χ4v) is 2.92. The molecule has 134 valence electrons. The lowest BCUT2D eigenvalue weighted by atomic mass is 10.1. The van der Waals surface area contributed by atoms with Gasteiger partial charge in [-0.1, -0.05) is 48.5 Å². The predicted molar refractivity (Wildman–Crippen MR) is 103 cm³/mol. The molecule has 1 aliphatic heterocycles. The molecule has 1 aliphatic rings. The molecule has 3 aromatic carbocycles. The first-order valence-corrected chi connectivity index (χ1v) is 8.57. The molecule has 0 saturated carbocycles. The number of nitrogens with one attached hydrogen (secondary N) is 1. The topological polar surface area (TPSA) is 64.6 Å². The van der Waals surface area contributed by atoms with Crippen LogP contribution in [0.2, 0.25) is 0 Å². The molecular weight excluding hydrogens is 342 g/mol. The Kier molecular flexibility index (Phi) is 4.58. The minimum Gasteiger partial charge on any atom is -0.488 e. The van der Waals surface area contributed by atoms with Crippen molar-refractivity contribution in [2.45, 2.75) is 0 Å². The van der Waals surface area contributed by atoms with Crippen LogP contribution < -0.4 is 10.1 Å². The number of anilines is 1. The van der Waals surface area contributed by atoms with Crippen LogP contribution in [0.5, 0.6) is 5.75 Å². The molecule has 0 aromatic heterocycles. The van der Waals surface area contributed by atoms with Crippen molar-refractivity contribution < 1.29 is 19.1 Å². The first-order chi connectivity index (χ1) is 13.2. The van der Waals surface area contributed by atoms with Gasteiger partial charge >= 0.3 is 5.97 Å². The number of amides is 1. The lowest BCUT2D eigenvalue weighted by Gasteiger charge is -2.16. The Morgan fingerprint density at radius 2 is 1.74 bits per heavy atom. The van der Waals surface area contributed by atoms with E-state index in [1.54, 1.807) is 6.08 Å². The fraction of sp³-hybridized carbons (Fsp3) is 0.0909. The lowest BCUT2D eigenvalue weighted by molar-refractivity contribution is -0.143. The minimum atomic E-state index is -0.557. The molecule has 5 nitrogen and oxygen atoms in total. The van der Waals surface area contributed by atoms with Crippen LogP contribution in [0.4, 0.5) is 5.69 Å². The van der Waals surface area contributed by atoms with Gasteiger partial charge in [-0.3, -0.25) is 4.79 Å². The third-order valence-electron chi connectivity index (χ3n) is 4.26. The second-order valence-electron chi connectivity index (χ2n) is 6.18. The fourth-order valence-electron chi connectivity index (χ4n) is 2.92. The number of ether oxygens (including phenoxy) is 2. The van der Waals surface area contributed by atoms with Gasteiger partial charge < -0.3 is 14.8 Å². The predicted octanol–water partition coefficient (Wildman–Crippen LogP) is 3.80. The molecule has 0 radical (unpaired) electrons. The Morgan fingerprint density at radius 1 is 0.963 bits per heavy atom. The zero-order chi connectivity index (χ0) is 18.6. The first-order valence-electron chi connectivity index (χ1n) is 8.57. The second kappa shape index (κ2) is 7.33. The normalized spacial score (nSPS) is 12.5. The van der Waals surface area contributed by atoms with Gasteiger partial charge in [0, 0.05) is 11.3 Å². The number of hydrogen-bond donors (Lipinski definition) is 1. The van der Waals surface area contributed by atoms with Crippen LogP contribution in [0.1, 0.15) is 5.56 Å². The summed E-state index contributed by atoms with van der Waals surface area (Å²) in [5.41, 5.74) is 1.85. The van der Waals surface area contributed by atoms with Gasteiger partial charge in [0.15, 0.2) is 6.61 Å². The molecule has 1 N–H and O–H groups in total. The zero-order valence-electron chi connectivity index (χ0n) is 14.5. The van der Waals surface area contributed by atoms with E-state index in [9.17, 15) is 9.59 Å². The Bertz CT molecular complexity index is 1050. The van der Waals surface area contributed by atoms with Crippen LogP contribution in [-0.2, 0) is 14.3 Å². The monoisotopic (exact) mass is 359 g/mol. The molecule has 1 heterocycles. The molecule has 0 saturated heterocycles. The summed E-state index contributed by atoms with van der Waals surface area (Å²) < 4.78 is 10.6. The van der Waals surface area contributed by atoms with Crippen molar-refractivity contribution in [3.05, 3.63) is 77.9 Å². The van der Waals surface area contributed by atoms with E-state index in [-0.39, 0.29) is 13.2 Å². The van der Waals surface area contributed by atoms with E-state index in [0.29, 0.717) is 11.3 Å². The molecule has 0 atom stereocenters. The molecule has 5 heteroatoms. The van der Waals surface area contributed by atoms with Gasteiger partial charge in [-0.05, 0) is 35.0 Å². The van der Waals surface area contributed by atoms with E-state index in [0.717, 1.165) is 22.1 Å². The Hall–Kier alpha value is -3.60. The highest BCUT2D eigenvalue weighted by atomic mass is 16.5. The number of hydrogen-bond acceptors (Lipinski definition) is 4. The van der Waals surface area contributed by atoms with Crippen LogP contribution in [-0.4, -0.2) is 25.1 Å². The summed E-state index contributed by atoms with van der Waals surface area (Å²) in [4.78, 5) is 24.3. The van der Waals surface area contributed by atoms with Gasteiger partial charge in [0.25, 0.3) is 5.91 Å². The maximum atomic E-state index is 12.2. The van der Waals surface area contributed by atoms with E-state index in [1.165, 1.54) is 0 Å². The zero-order valence-corrected chi connectivity index (χ0v) is 14.5. The highest BCUT2D eigenvalue weighted by Gasteiger charge is 2.19. The molecule has 27 heavy (non-hydrogen) atoms. The summed E-state index contributed by atoms with van der Waals surface area (Å²) in [5.74, 6) is -0.224. The molecule has 0 aliphatic carbocycles. The van der Waals surface area contributed by atoms with Crippen LogP contribution in [0.3, 0.4) is 0 Å². The SMILES string of the molecule is O=C(COC(=O)C1=Cc2ccccc2OC1)Nc1ccc2ccccc2c1. The third-order valence-corrected chi connectivity index (χ3v) is 4.26. The summed E-state index contributed by atoms with van der Waals surface area (Å²) in [6.07, 6.45) is 1.72. The molecule has 0 fully saturated rings. The second-order valence-corrected chi connectivity index (χ2v) is 6.18. The number of esters is 1. The van der Waals surface area contributed by atoms with E-state index in [4.69, 9.17) is 9.47 Å². The van der Waals surface area contributed by atoms with Gasteiger partial charge in [0.2, 0.25) is 0 Å².